The highest BCUT2D eigenvalue weighted by Gasteiger charge is 2.36. The second-order valence-electron chi connectivity index (χ2n) is 17.1. The minimum absolute atomic E-state index is 0. The van der Waals surface area contributed by atoms with Gasteiger partial charge in [-0.3, -0.25) is 9.80 Å². The van der Waals surface area contributed by atoms with Gasteiger partial charge in [-0.1, -0.05) is 68.2 Å². The number of likely N-dealkylation sites (N-methyl/N-ethyl adjacent to an activating group) is 2. The number of aliphatic hydroxyl groups is 1. The molecule has 330 valence electrons. The van der Waals surface area contributed by atoms with Gasteiger partial charge in [0.05, 0.1) is 13.2 Å². The molecule has 0 heterocycles. The van der Waals surface area contributed by atoms with Crippen LogP contribution in [0.2, 0.25) is 0 Å². The van der Waals surface area contributed by atoms with Crippen molar-refractivity contribution in [2.24, 2.45) is 11.1 Å². The van der Waals surface area contributed by atoms with Gasteiger partial charge in [0, 0.05) is 56.1 Å². The average molecular weight is 797 g/mol. The lowest BCUT2D eigenvalue weighted by Gasteiger charge is -2.46. The molecule has 3 N–H and O–H groups in total. The summed E-state index contributed by atoms with van der Waals surface area (Å²) in [6.07, 6.45) is 26.7. The lowest BCUT2D eigenvalue weighted by molar-refractivity contribution is -0.111. The van der Waals surface area contributed by atoms with Gasteiger partial charge >= 0.3 is 0 Å². The van der Waals surface area contributed by atoms with Crippen LogP contribution >= 0.6 is 12.4 Å². The third kappa shape index (κ3) is 29.0. The average Bonchev–Trinajstić information content (AvgIpc) is 3.05. The predicted octanol–water partition coefficient (Wildman–Crippen LogP) is 10.9. The van der Waals surface area contributed by atoms with E-state index in [0.717, 1.165) is 65.3 Å². The number of aliphatic hydroxyl groups excluding tert-OH is 1. The summed E-state index contributed by atoms with van der Waals surface area (Å²) in [6.45, 7) is 22.6. The molecule has 0 aromatic rings. The van der Waals surface area contributed by atoms with E-state index >= 15 is 0 Å². The van der Waals surface area contributed by atoms with E-state index in [-0.39, 0.29) is 46.0 Å². The van der Waals surface area contributed by atoms with Gasteiger partial charge in [0.15, 0.2) is 0 Å². The molecule has 4 aliphatic carbocycles. The second kappa shape index (κ2) is 35.8. The Labute approximate surface area is 344 Å². The molecule has 4 aliphatic rings. The number of carbonyl (C=O) groups is 1. The number of hydrogen-bond donors (Lipinski definition) is 2. The van der Waals surface area contributed by atoms with Crippen LogP contribution in [0.1, 0.15) is 192 Å². The first-order valence-corrected chi connectivity index (χ1v) is 21.3. The molecule has 0 aromatic heterocycles. The molecule has 54 heavy (non-hydrogen) atoms. The minimum Gasteiger partial charge on any atom is -0.395 e. The SMILES string of the molecule is C.C.CC1(N)CCC1.CCCCOCC=O.CCCCOCCCC1(C)CCC1.CCCCOCCN(C)C1(C)CCC1.CN(CCO)C1(C)CCC1.Cl. The molecule has 8 nitrogen and oxygen atoms in total. The van der Waals surface area contributed by atoms with Crippen LogP contribution in [0.25, 0.3) is 0 Å². The highest BCUT2D eigenvalue weighted by atomic mass is 35.5. The molecule has 0 radical (unpaired) electrons. The number of unbranched alkanes of at least 4 members (excludes halogenated alkanes) is 3. The maximum atomic E-state index is 9.64. The number of carbonyl (C=O) groups excluding carboxylic acids is 1. The first-order valence-electron chi connectivity index (χ1n) is 21.3. The number of rotatable bonds is 22. The monoisotopic (exact) mass is 796 g/mol. The molecule has 9 heteroatoms. The number of hydrogen-bond acceptors (Lipinski definition) is 8. The van der Waals surface area contributed by atoms with E-state index in [1.165, 1.54) is 116 Å². The maximum absolute atomic E-state index is 9.64. The van der Waals surface area contributed by atoms with Gasteiger partial charge in [-0.25, -0.2) is 0 Å². The van der Waals surface area contributed by atoms with Crippen LogP contribution in [0.15, 0.2) is 0 Å². The van der Waals surface area contributed by atoms with Crippen LogP contribution in [-0.2, 0) is 19.0 Å². The van der Waals surface area contributed by atoms with Crippen molar-refractivity contribution in [1.82, 2.24) is 9.80 Å². The van der Waals surface area contributed by atoms with Crippen LogP contribution < -0.4 is 5.73 Å². The summed E-state index contributed by atoms with van der Waals surface area (Å²) in [6, 6.07) is 0. The smallest absolute Gasteiger partial charge is 0.145 e. The summed E-state index contributed by atoms with van der Waals surface area (Å²) < 4.78 is 16.0. The second-order valence-corrected chi connectivity index (χ2v) is 17.1. The lowest BCUT2D eigenvalue weighted by Crippen LogP contribution is -2.50. The molecule has 0 unspecified atom stereocenters. The van der Waals surface area contributed by atoms with Crippen LogP contribution in [0, 0.1) is 5.41 Å². The van der Waals surface area contributed by atoms with Gasteiger partial charge in [0.25, 0.3) is 0 Å². The zero-order chi connectivity index (χ0) is 38.5. The van der Waals surface area contributed by atoms with E-state index in [2.05, 4.69) is 72.4 Å². The summed E-state index contributed by atoms with van der Waals surface area (Å²) in [4.78, 5) is 14.4. The first-order chi connectivity index (χ1) is 24.3. The quantitative estimate of drug-likeness (QED) is 0.0826. The fourth-order valence-corrected chi connectivity index (χ4v) is 6.47. The number of nitrogens with two attached hydrogens (primary N) is 1. The lowest BCUT2D eigenvalue weighted by atomic mass is 9.68. The van der Waals surface area contributed by atoms with Crippen molar-refractivity contribution in [3.63, 3.8) is 0 Å². The fourth-order valence-electron chi connectivity index (χ4n) is 6.47. The van der Waals surface area contributed by atoms with Crippen LogP contribution in [-0.4, -0.2) is 111 Å². The normalized spacial score (nSPS) is 18.7. The van der Waals surface area contributed by atoms with E-state index in [0.29, 0.717) is 16.5 Å². The van der Waals surface area contributed by atoms with E-state index < -0.39 is 0 Å². The van der Waals surface area contributed by atoms with Gasteiger partial charge in [0.2, 0.25) is 0 Å². The van der Waals surface area contributed by atoms with E-state index in [1.54, 1.807) is 0 Å². The summed E-state index contributed by atoms with van der Waals surface area (Å²) in [7, 11) is 4.32. The topological polar surface area (TPSA) is 97.5 Å². The largest absolute Gasteiger partial charge is 0.395 e. The van der Waals surface area contributed by atoms with Gasteiger partial charge in [-0.2, -0.15) is 0 Å². The predicted molar refractivity (Wildman–Crippen MR) is 238 cm³/mol. The molecular formula is C45H98ClN3O5. The fraction of sp³-hybridized carbons (Fsp3) is 0.978. The highest BCUT2D eigenvalue weighted by Crippen LogP contribution is 2.44. The van der Waals surface area contributed by atoms with Gasteiger partial charge in [-0.05, 0) is 143 Å². The Bertz CT molecular complexity index is 800. The van der Waals surface area contributed by atoms with Crippen molar-refractivity contribution in [3.8, 4) is 0 Å². The van der Waals surface area contributed by atoms with Gasteiger partial charge in [-0.15, -0.1) is 12.4 Å². The summed E-state index contributed by atoms with van der Waals surface area (Å²) in [5, 5.41) is 8.68. The Morgan fingerprint density at radius 3 is 1.30 bits per heavy atom. The zero-order valence-corrected chi connectivity index (χ0v) is 36.9. The van der Waals surface area contributed by atoms with Crippen LogP contribution in [0.4, 0.5) is 0 Å². The van der Waals surface area contributed by atoms with Crippen LogP contribution in [0.3, 0.4) is 0 Å². The Balaban J connectivity index is -0.000000293. The Morgan fingerprint density at radius 1 is 0.611 bits per heavy atom. The molecule has 0 amide bonds. The number of β-amino-alcohol motifs (C(OH)–C–C–N with tert-alkyl or cyclic N) is 1. The Morgan fingerprint density at radius 2 is 0.981 bits per heavy atom. The molecule has 0 saturated heterocycles. The van der Waals surface area contributed by atoms with Crippen molar-refractivity contribution in [2.75, 3.05) is 73.4 Å². The van der Waals surface area contributed by atoms with Crippen molar-refractivity contribution in [3.05, 3.63) is 0 Å². The highest BCUT2D eigenvalue weighted by molar-refractivity contribution is 5.85. The van der Waals surface area contributed by atoms with E-state index in [1.807, 2.05) is 0 Å². The number of ether oxygens (including phenoxy) is 3. The number of halogens is 1. The summed E-state index contributed by atoms with van der Waals surface area (Å²) in [5.41, 5.74) is 7.42. The molecule has 4 rings (SSSR count). The summed E-state index contributed by atoms with van der Waals surface area (Å²) in [5.74, 6) is 0. The van der Waals surface area contributed by atoms with Crippen molar-refractivity contribution >= 4 is 18.7 Å². The van der Waals surface area contributed by atoms with Crippen molar-refractivity contribution in [2.45, 2.75) is 208 Å². The van der Waals surface area contributed by atoms with E-state index in [9.17, 15) is 4.79 Å². The van der Waals surface area contributed by atoms with Crippen molar-refractivity contribution in [1.29, 1.82) is 0 Å². The van der Waals surface area contributed by atoms with Gasteiger partial charge in [0.1, 0.15) is 12.9 Å². The standard InChI is InChI=1S/C12H25NO.C12H24O.C8H17NO.C6H12O2.C5H11N.2CH4.ClH/c1-4-5-10-14-11-9-13(3)12(2)7-6-8-12;1-3-4-10-13-11-6-9-12(2)7-5-8-12;1-8(4-3-5-8)9(2)6-7-10;1-2-3-5-8-6-4-7;1-5(6)3-2-4-5;;;/h4-11H2,1-3H3;3-11H2,1-2H3;10H,3-7H2,1-2H3;4H,2-3,5-6H2,1H3;2-4,6H2,1H3;2*1H4;1H. The molecular weight excluding hydrogens is 698 g/mol. The maximum Gasteiger partial charge on any atom is 0.145 e. The van der Waals surface area contributed by atoms with E-state index in [4.69, 9.17) is 25.1 Å². The summed E-state index contributed by atoms with van der Waals surface area (Å²) >= 11 is 0. The first kappa shape index (κ1) is 60.4. The van der Waals surface area contributed by atoms with Crippen LogP contribution in [0.5, 0.6) is 0 Å². The molecule has 0 atom stereocenters. The number of nitrogens with zero attached hydrogens (tertiary/aromatic N) is 2. The minimum atomic E-state index is 0. The third-order valence-corrected chi connectivity index (χ3v) is 11.9. The Kier molecular flexibility index (Phi) is 40.0. The van der Waals surface area contributed by atoms with Gasteiger partial charge < -0.3 is 29.8 Å². The van der Waals surface area contributed by atoms with Crippen molar-refractivity contribution < 1.29 is 24.1 Å². The third-order valence-electron chi connectivity index (χ3n) is 11.9. The molecule has 0 spiro atoms. The number of aldehydes is 1. The molecule has 0 aromatic carbocycles. The molecule has 0 bridgehead atoms. The molecule has 0 aliphatic heterocycles. The zero-order valence-electron chi connectivity index (χ0n) is 36.0. The molecule has 4 fully saturated rings. The Hall–Kier alpha value is -0.320. The molecule has 4 saturated carbocycles.